The fourth-order valence-corrected chi connectivity index (χ4v) is 3.05. The number of hydrogen-bond donors (Lipinski definition) is 4. The van der Waals surface area contributed by atoms with Gasteiger partial charge >= 0.3 is 13.8 Å². The number of phosphoric acid groups is 1. The van der Waals surface area contributed by atoms with Gasteiger partial charge in [-0.25, -0.2) is 4.57 Å². The van der Waals surface area contributed by atoms with Gasteiger partial charge in [0, 0.05) is 0 Å². The van der Waals surface area contributed by atoms with Gasteiger partial charge in [-0.1, -0.05) is 64.7 Å². The summed E-state index contributed by atoms with van der Waals surface area (Å²) in [7, 11) is -4.63. The maximum atomic E-state index is 10.9. The SMILES string of the molecule is CCCCCCCCCCCC(CC(N)C(=O)O)OP(=O)(O)O. The van der Waals surface area contributed by atoms with Crippen LogP contribution in [0.3, 0.4) is 0 Å². The standard InChI is InChI=1S/C15H32NO6P/c1-2-3-4-5-6-7-8-9-10-11-13(22-23(19,20)21)12-14(16)15(17)18/h13-14H,2-12,16H2,1H3,(H,17,18)(H2,19,20,21). The van der Waals surface area contributed by atoms with Gasteiger partial charge in [0.05, 0.1) is 6.10 Å². The van der Waals surface area contributed by atoms with Crippen LogP contribution in [0.25, 0.3) is 0 Å². The van der Waals surface area contributed by atoms with Gasteiger partial charge in [-0.15, -0.1) is 0 Å². The Labute approximate surface area is 138 Å². The van der Waals surface area contributed by atoms with Crippen molar-refractivity contribution in [1.29, 1.82) is 0 Å². The highest BCUT2D eigenvalue weighted by Gasteiger charge is 2.26. The average molecular weight is 353 g/mol. The van der Waals surface area contributed by atoms with Crippen molar-refractivity contribution < 1.29 is 28.8 Å². The molecule has 0 spiro atoms. The number of phosphoric ester groups is 1. The zero-order chi connectivity index (χ0) is 17.7. The lowest BCUT2D eigenvalue weighted by atomic mass is 10.0. The molecule has 0 bridgehead atoms. The summed E-state index contributed by atoms with van der Waals surface area (Å²) in [4.78, 5) is 28.5. The summed E-state index contributed by atoms with van der Waals surface area (Å²) in [5.41, 5.74) is 5.41. The molecule has 0 fully saturated rings. The van der Waals surface area contributed by atoms with Gasteiger partial charge in [-0.05, 0) is 12.8 Å². The largest absolute Gasteiger partial charge is 0.480 e. The molecule has 0 aliphatic heterocycles. The Bertz CT molecular complexity index is 360. The van der Waals surface area contributed by atoms with Crippen LogP contribution in [0.1, 0.15) is 77.6 Å². The third kappa shape index (κ3) is 14.8. The molecule has 0 aromatic carbocycles. The topological polar surface area (TPSA) is 130 Å². The summed E-state index contributed by atoms with van der Waals surface area (Å²) in [6, 6.07) is -1.18. The van der Waals surface area contributed by atoms with Crippen LogP contribution < -0.4 is 5.73 Å². The fraction of sp³-hybridized carbons (Fsp3) is 0.933. The maximum absolute atomic E-state index is 10.9. The number of aliphatic carboxylic acids is 1. The van der Waals surface area contributed by atoms with E-state index in [9.17, 15) is 9.36 Å². The Hall–Kier alpha value is -0.460. The lowest BCUT2D eigenvalue weighted by molar-refractivity contribution is -0.139. The quantitative estimate of drug-likeness (QED) is 0.263. The monoisotopic (exact) mass is 353 g/mol. The van der Waals surface area contributed by atoms with E-state index in [4.69, 9.17) is 20.6 Å². The molecule has 0 saturated carbocycles. The highest BCUT2D eigenvalue weighted by molar-refractivity contribution is 7.46. The molecule has 0 heterocycles. The van der Waals surface area contributed by atoms with E-state index in [2.05, 4.69) is 11.4 Å². The van der Waals surface area contributed by atoms with Gasteiger partial charge in [-0.3, -0.25) is 9.32 Å². The first kappa shape index (κ1) is 22.5. The predicted octanol–water partition coefficient (Wildman–Crippen LogP) is 3.19. The molecular formula is C15H32NO6P. The molecule has 0 amide bonds. The molecule has 0 aliphatic carbocycles. The first-order chi connectivity index (χ1) is 10.8. The number of unbranched alkanes of at least 4 members (excludes halogenated alkanes) is 8. The van der Waals surface area contributed by atoms with Crippen molar-refractivity contribution in [1.82, 2.24) is 0 Å². The molecule has 8 heteroatoms. The molecule has 0 aromatic rings. The smallest absolute Gasteiger partial charge is 0.469 e. The van der Waals surface area contributed by atoms with Gasteiger partial charge in [0.15, 0.2) is 0 Å². The Morgan fingerprint density at radius 3 is 1.96 bits per heavy atom. The summed E-state index contributed by atoms with van der Waals surface area (Å²) < 4.78 is 15.6. The zero-order valence-corrected chi connectivity index (χ0v) is 14.9. The summed E-state index contributed by atoms with van der Waals surface area (Å²) in [6.45, 7) is 2.19. The predicted molar refractivity (Wildman–Crippen MR) is 89.0 cm³/mol. The Balaban J connectivity index is 3.91. The summed E-state index contributed by atoms with van der Waals surface area (Å²) >= 11 is 0. The second kappa shape index (κ2) is 12.9. The molecule has 0 aliphatic rings. The normalized spacial score (nSPS) is 14.6. The number of hydrogen-bond acceptors (Lipinski definition) is 4. The fourth-order valence-electron chi connectivity index (χ4n) is 2.47. The molecule has 138 valence electrons. The summed E-state index contributed by atoms with van der Waals surface area (Å²) in [6.07, 6.45) is 9.65. The maximum Gasteiger partial charge on any atom is 0.469 e. The molecule has 0 radical (unpaired) electrons. The second-order valence-corrected chi connectivity index (χ2v) is 7.21. The molecule has 0 saturated heterocycles. The van der Waals surface area contributed by atoms with E-state index in [1.54, 1.807) is 0 Å². The van der Waals surface area contributed by atoms with Crippen LogP contribution in [0.2, 0.25) is 0 Å². The molecule has 2 unspecified atom stereocenters. The minimum absolute atomic E-state index is 0.0997. The summed E-state index contributed by atoms with van der Waals surface area (Å²) in [5.74, 6) is -1.20. The van der Waals surface area contributed by atoms with Crippen LogP contribution in [0.4, 0.5) is 0 Å². The third-order valence-corrected chi connectivity index (χ3v) is 4.32. The van der Waals surface area contributed by atoms with Crippen LogP contribution in [0.15, 0.2) is 0 Å². The Morgan fingerprint density at radius 1 is 1.04 bits per heavy atom. The van der Waals surface area contributed by atoms with Crippen LogP contribution in [-0.2, 0) is 13.9 Å². The first-order valence-corrected chi connectivity index (χ1v) is 10.0. The van der Waals surface area contributed by atoms with Crippen molar-refractivity contribution in [3.63, 3.8) is 0 Å². The Morgan fingerprint density at radius 2 is 1.52 bits per heavy atom. The first-order valence-electron chi connectivity index (χ1n) is 8.48. The third-order valence-electron chi connectivity index (χ3n) is 3.75. The minimum atomic E-state index is -4.63. The van der Waals surface area contributed by atoms with Crippen LogP contribution in [-0.4, -0.2) is 33.0 Å². The van der Waals surface area contributed by atoms with E-state index in [1.807, 2.05) is 0 Å². The van der Waals surface area contributed by atoms with Crippen molar-refractivity contribution in [2.24, 2.45) is 5.73 Å². The number of nitrogens with two attached hydrogens (primary N) is 1. The van der Waals surface area contributed by atoms with E-state index in [0.29, 0.717) is 6.42 Å². The van der Waals surface area contributed by atoms with E-state index >= 15 is 0 Å². The number of rotatable bonds is 15. The van der Waals surface area contributed by atoms with Crippen LogP contribution >= 0.6 is 7.82 Å². The van der Waals surface area contributed by atoms with Gasteiger partial charge in [0.25, 0.3) is 0 Å². The van der Waals surface area contributed by atoms with E-state index in [-0.39, 0.29) is 6.42 Å². The highest BCUT2D eigenvalue weighted by atomic mass is 31.2. The molecule has 0 rings (SSSR count). The zero-order valence-electron chi connectivity index (χ0n) is 14.0. The summed E-state index contributed by atoms with van der Waals surface area (Å²) in [5, 5.41) is 8.78. The van der Waals surface area contributed by atoms with E-state index in [0.717, 1.165) is 25.7 Å². The number of carboxylic acid groups (broad SMARTS) is 1. The molecule has 23 heavy (non-hydrogen) atoms. The molecular weight excluding hydrogens is 321 g/mol. The second-order valence-electron chi connectivity index (χ2n) is 6.02. The van der Waals surface area contributed by atoms with Gasteiger partial charge in [-0.2, -0.15) is 0 Å². The molecule has 5 N–H and O–H groups in total. The number of carboxylic acids is 1. The minimum Gasteiger partial charge on any atom is -0.480 e. The van der Waals surface area contributed by atoms with Crippen molar-refractivity contribution in [2.75, 3.05) is 0 Å². The average Bonchev–Trinajstić information content (AvgIpc) is 2.43. The molecule has 7 nitrogen and oxygen atoms in total. The molecule has 0 aromatic heterocycles. The van der Waals surface area contributed by atoms with Crippen molar-refractivity contribution in [3.8, 4) is 0 Å². The lowest BCUT2D eigenvalue weighted by Crippen LogP contribution is -2.34. The van der Waals surface area contributed by atoms with Gasteiger partial charge < -0.3 is 20.6 Å². The van der Waals surface area contributed by atoms with Crippen molar-refractivity contribution >= 4 is 13.8 Å². The van der Waals surface area contributed by atoms with E-state index < -0.39 is 25.9 Å². The van der Waals surface area contributed by atoms with E-state index in [1.165, 1.54) is 32.1 Å². The van der Waals surface area contributed by atoms with Crippen molar-refractivity contribution in [3.05, 3.63) is 0 Å². The highest BCUT2D eigenvalue weighted by Crippen LogP contribution is 2.39. The molecule has 2 atom stereocenters. The van der Waals surface area contributed by atoms with Gasteiger partial charge in [0.2, 0.25) is 0 Å². The van der Waals surface area contributed by atoms with Crippen molar-refractivity contribution in [2.45, 2.75) is 89.7 Å². The van der Waals surface area contributed by atoms with Crippen LogP contribution in [0.5, 0.6) is 0 Å². The number of carbonyl (C=O) groups is 1. The van der Waals surface area contributed by atoms with Crippen LogP contribution in [0, 0.1) is 0 Å². The lowest BCUT2D eigenvalue weighted by Gasteiger charge is -2.20. The van der Waals surface area contributed by atoms with Gasteiger partial charge in [0.1, 0.15) is 6.04 Å². The Kier molecular flexibility index (Phi) is 12.6.